The van der Waals surface area contributed by atoms with E-state index in [-0.39, 0.29) is 10.7 Å². The highest BCUT2D eigenvalue weighted by Gasteiger charge is 2.20. The largest absolute Gasteiger partial charge is 0.299 e. The Hall–Kier alpha value is 0.300. The lowest BCUT2D eigenvalue weighted by molar-refractivity contribution is -0.117. The summed E-state index contributed by atoms with van der Waals surface area (Å²) in [6, 6.07) is 0. The fraction of sp³-hybridized carbons (Fsp3) is 0.667. The summed E-state index contributed by atoms with van der Waals surface area (Å²) in [6.07, 6.45) is 0. The molecule has 0 saturated carbocycles. The number of hydrogen-bond donors (Lipinski definition) is 1. The Morgan fingerprint density at radius 3 is 2.86 bits per heavy atom. The molecule has 1 rings (SSSR count). The fourth-order valence-corrected chi connectivity index (χ4v) is 1.65. The molecule has 1 aliphatic rings. The van der Waals surface area contributed by atoms with Crippen LogP contribution in [0.3, 0.4) is 0 Å². The van der Waals surface area contributed by atoms with Gasteiger partial charge in [-0.1, -0.05) is 15.9 Å². The second-order valence-electron chi connectivity index (χ2n) is 1.24. The van der Waals surface area contributed by atoms with Gasteiger partial charge in [0.15, 0.2) is 0 Å². The summed E-state index contributed by atoms with van der Waals surface area (Å²) in [5.74, 6) is 0.934. The normalized spacial score (nSPS) is 30.4. The predicted molar refractivity (Wildman–Crippen MR) is 33.3 cm³/mol. The lowest BCUT2D eigenvalue weighted by Gasteiger charge is -1.86. The molecule has 1 N–H and O–H groups in total. The van der Waals surface area contributed by atoms with E-state index in [4.69, 9.17) is 0 Å². The summed E-state index contributed by atoms with van der Waals surface area (Å²) in [5.41, 5.74) is 0. The van der Waals surface area contributed by atoms with Gasteiger partial charge in [-0.05, 0) is 11.9 Å². The van der Waals surface area contributed by atoms with E-state index in [1.54, 1.807) is 0 Å². The summed E-state index contributed by atoms with van der Waals surface area (Å²) in [6.45, 7) is 0. The van der Waals surface area contributed by atoms with Crippen LogP contribution < -0.4 is 4.72 Å². The number of amides is 1. The third-order valence-corrected chi connectivity index (χ3v) is 2.70. The average Bonchev–Trinajstić information content (AvgIpc) is 1.91. The van der Waals surface area contributed by atoms with Gasteiger partial charge in [-0.3, -0.25) is 9.52 Å². The Balaban J connectivity index is 2.48. The third-order valence-electron chi connectivity index (χ3n) is 0.687. The standard InChI is InChI=1S/C3H4BrNOS/c4-2-1-7-5-3(2)6/h2H,1H2,(H,5,6). The summed E-state index contributed by atoms with van der Waals surface area (Å²) >= 11 is 4.61. The van der Waals surface area contributed by atoms with Crippen molar-refractivity contribution in [3.8, 4) is 0 Å². The van der Waals surface area contributed by atoms with Crippen molar-refractivity contribution in [3.05, 3.63) is 0 Å². The van der Waals surface area contributed by atoms with E-state index in [0.29, 0.717) is 0 Å². The van der Waals surface area contributed by atoms with Crippen molar-refractivity contribution in [1.82, 2.24) is 4.72 Å². The van der Waals surface area contributed by atoms with E-state index in [2.05, 4.69) is 20.7 Å². The molecule has 2 nitrogen and oxygen atoms in total. The molecule has 1 saturated heterocycles. The van der Waals surface area contributed by atoms with Crippen LogP contribution in [0.5, 0.6) is 0 Å². The SMILES string of the molecule is O=C1NSCC1Br. The van der Waals surface area contributed by atoms with Crippen LogP contribution in [0, 0.1) is 0 Å². The van der Waals surface area contributed by atoms with Crippen LogP contribution in [-0.4, -0.2) is 16.5 Å². The molecule has 4 heteroatoms. The van der Waals surface area contributed by atoms with Gasteiger partial charge in [0.2, 0.25) is 5.91 Å². The quantitative estimate of drug-likeness (QED) is 0.437. The number of hydrogen-bond acceptors (Lipinski definition) is 2. The van der Waals surface area contributed by atoms with E-state index >= 15 is 0 Å². The van der Waals surface area contributed by atoms with Gasteiger partial charge in [0, 0.05) is 5.75 Å². The summed E-state index contributed by atoms with van der Waals surface area (Å²) in [5, 5.41) is 0. The zero-order chi connectivity index (χ0) is 5.28. The molecule has 0 spiro atoms. The zero-order valence-corrected chi connectivity index (χ0v) is 5.88. The average molecular weight is 182 g/mol. The van der Waals surface area contributed by atoms with Crippen molar-refractivity contribution in [2.45, 2.75) is 4.83 Å². The Morgan fingerprint density at radius 2 is 2.71 bits per heavy atom. The lowest BCUT2D eigenvalue weighted by Crippen LogP contribution is -2.16. The molecule has 0 aromatic carbocycles. The number of nitrogens with one attached hydrogen (secondary N) is 1. The maximum absolute atomic E-state index is 10.4. The molecule has 1 heterocycles. The number of rotatable bonds is 0. The highest BCUT2D eigenvalue weighted by molar-refractivity contribution is 9.10. The fourth-order valence-electron chi connectivity index (χ4n) is 0.326. The summed E-state index contributed by atoms with van der Waals surface area (Å²) in [4.78, 5) is 10.4. The second-order valence-corrected chi connectivity index (χ2v) is 3.18. The first kappa shape index (κ1) is 5.44. The maximum atomic E-state index is 10.4. The van der Waals surface area contributed by atoms with Gasteiger partial charge in [0.1, 0.15) is 4.83 Å². The Bertz CT molecular complexity index is 96.9. The molecule has 40 valence electrons. The number of alkyl halides is 1. The molecule has 0 aromatic rings. The topological polar surface area (TPSA) is 29.1 Å². The van der Waals surface area contributed by atoms with E-state index in [9.17, 15) is 4.79 Å². The van der Waals surface area contributed by atoms with Gasteiger partial charge < -0.3 is 0 Å². The minimum absolute atomic E-state index is 0.0394. The van der Waals surface area contributed by atoms with Crippen molar-refractivity contribution in [2.75, 3.05) is 5.75 Å². The molecule has 7 heavy (non-hydrogen) atoms. The van der Waals surface area contributed by atoms with Gasteiger partial charge in [-0.15, -0.1) is 0 Å². The molecule has 0 bridgehead atoms. The summed E-state index contributed by atoms with van der Waals surface area (Å²) in [7, 11) is 0. The molecule has 1 fully saturated rings. The molecule has 1 amide bonds. The second kappa shape index (κ2) is 2.05. The van der Waals surface area contributed by atoms with Crippen molar-refractivity contribution < 1.29 is 4.79 Å². The minimum atomic E-state index is 0.0394. The van der Waals surface area contributed by atoms with Crippen LogP contribution in [-0.2, 0) is 4.79 Å². The first-order chi connectivity index (χ1) is 3.30. The van der Waals surface area contributed by atoms with Crippen LogP contribution in [0.1, 0.15) is 0 Å². The molecule has 1 unspecified atom stereocenters. The van der Waals surface area contributed by atoms with Crippen molar-refractivity contribution in [1.29, 1.82) is 0 Å². The first-order valence-electron chi connectivity index (χ1n) is 1.86. The molecular weight excluding hydrogens is 178 g/mol. The number of halogens is 1. The highest BCUT2D eigenvalue weighted by Crippen LogP contribution is 2.14. The Labute approximate surface area is 54.3 Å². The molecule has 0 aromatic heterocycles. The van der Waals surface area contributed by atoms with Gasteiger partial charge >= 0.3 is 0 Å². The summed E-state index contributed by atoms with van der Waals surface area (Å²) < 4.78 is 2.60. The van der Waals surface area contributed by atoms with Crippen molar-refractivity contribution >= 4 is 33.8 Å². The van der Waals surface area contributed by atoms with Crippen LogP contribution in [0.15, 0.2) is 0 Å². The van der Waals surface area contributed by atoms with Crippen molar-refractivity contribution in [3.63, 3.8) is 0 Å². The van der Waals surface area contributed by atoms with E-state index in [0.717, 1.165) is 5.75 Å². The van der Waals surface area contributed by atoms with Gasteiger partial charge in [-0.2, -0.15) is 0 Å². The number of carbonyl (C=O) groups is 1. The molecular formula is C3H4BrNOS. The lowest BCUT2D eigenvalue weighted by atomic mass is 10.5. The van der Waals surface area contributed by atoms with Crippen LogP contribution in [0.2, 0.25) is 0 Å². The predicted octanol–water partition coefficient (Wildman–Crippen LogP) is 0.528. The molecule has 1 aliphatic heterocycles. The maximum Gasteiger partial charge on any atom is 0.244 e. The van der Waals surface area contributed by atoms with E-state index in [1.165, 1.54) is 11.9 Å². The smallest absolute Gasteiger partial charge is 0.244 e. The monoisotopic (exact) mass is 181 g/mol. The highest BCUT2D eigenvalue weighted by atomic mass is 79.9. The molecule has 1 atom stereocenters. The third kappa shape index (κ3) is 1.10. The number of carbonyl (C=O) groups excluding carboxylic acids is 1. The minimum Gasteiger partial charge on any atom is -0.299 e. The van der Waals surface area contributed by atoms with Crippen molar-refractivity contribution in [2.24, 2.45) is 0 Å². The van der Waals surface area contributed by atoms with Gasteiger partial charge in [0.25, 0.3) is 0 Å². The van der Waals surface area contributed by atoms with Crippen LogP contribution >= 0.6 is 27.9 Å². The Morgan fingerprint density at radius 1 is 2.00 bits per heavy atom. The van der Waals surface area contributed by atoms with E-state index in [1.807, 2.05) is 0 Å². The molecule has 0 radical (unpaired) electrons. The van der Waals surface area contributed by atoms with Crippen LogP contribution in [0.4, 0.5) is 0 Å². The van der Waals surface area contributed by atoms with Crippen LogP contribution in [0.25, 0.3) is 0 Å². The first-order valence-corrected chi connectivity index (χ1v) is 3.76. The Kier molecular flexibility index (Phi) is 1.59. The van der Waals surface area contributed by atoms with Gasteiger partial charge in [0.05, 0.1) is 0 Å². The van der Waals surface area contributed by atoms with Gasteiger partial charge in [-0.25, -0.2) is 0 Å². The molecule has 0 aliphatic carbocycles. The van der Waals surface area contributed by atoms with E-state index < -0.39 is 0 Å². The zero-order valence-electron chi connectivity index (χ0n) is 3.48.